The summed E-state index contributed by atoms with van der Waals surface area (Å²) in [7, 11) is -0.990. The van der Waals surface area contributed by atoms with Crippen molar-refractivity contribution in [2.24, 2.45) is 0 Å². The molecule has 0 radical (unpaired) electrons. The average Bonchev–Trinajstić information content (AvgIpc) is 2.19. The highest BCUT2D eigenvalue weighted by Crippen LogP contribution is 2.26. The first-order chi connectivity index (χ1) is 6.57. The molecule has 14 heavy (non-hydrogen) atoms. The topological polar surface area (TPSA) is 3.24 Å². The summed E-state index contributed by atoms with van der Waals surface area (Å²) < 4.78 is 2.98. The van der Waals surface area contributed by atoms with Crippen molar-refractivity contribution in [3.63, 3.8) is 0 Å². The normalized spacial score (nSPS) is 13.7. The molecule has 0 saturated heterocycles. The maximum absolute atomic E-state index is 2.98. The Morgan fingerprint density at radius 2 is 1.43 bits per heavy atom. The van der Waals surface area contributed by atoms with E-state index >= 15 is 0 Å². The summed E-state index contributed by atoms with van der Waals surface area (Å²) >= 11 is 0. The van der Waals surface area contributed by atoms with Crippen LogP contribution in [0.15, 0.2) is 0 Å². The first kappa shape index (κ1) is 14.4. The fraction of sp³-hybridized carbons (Fsp3) is 1.00. The second kappa shape index (κ2) is 6.80. The summed E-state index contributed by atoms with van der Waals surface area (Å²) in [6, 6.07) is 6.59. The molecule has 0 unspecified atom stereocenters. The Balaban J connectivity index is 4.70. The second-order valence-electron chi connectivity index (χ2n) is 4.57. The fourth-order valence-electron chi connectivity index (χ4n) is 2.64. The molecule has 0 bridgehead atoms. The predicted octanol–water partition coefficient (Wildman–Crippen LogP) is 3.22. The van der Waals surface area contributed by atoms with E-state index in [9.17, 15) is 0 Å². The van der Waals surface area contributed by atoms with Crippen molar-refractivity contribution < 1.29 is 0 Å². The molecule has 0 amide bonds. The standard InChI is InChI=1S/C11H29NSi2/c1-7-13-12(11(5)6)14(8-2,9-3)10-4/h11H,7-10,13H2,1-6H3. The first-order valence-corrected chi connectivity index (χ1v) is 10.5. The lowest BCUT2D eigenvalue weighted by atomic mass is 10.4. The Bertz CT molecular complexity index is 136. The molecule has 0 N–H and O–H groups in total. The van der Waals surface area contributed by atoms with Crippen LogP contribution in [0, 0.1) is 0 Å². The van der Waals surface area contributed by atoms with Gasteiger partial charge in [0.1, 0.15) is 8.24 Å². The first-order valence-electron chi connectivity index (χ1n) is 6.34. The fourth-order valence-corrected chi connectivity index (χ4v) is 12.0. The van der Waals surface area contributed by atoms with Crippen LogP contribution in [0.2, 0.25) is 24.2 Å². The Labute approximate surface area is 94.3 Å². The van der Waals surface area contributed by atoms with Crippen molar-refractivity contribution in [1.82, 2.24) is 4.23 Å². The molecule has 0 aliphatic carbocycles. The summed E-state index contributed by atoms with van der Waals surface area (Å²) in [5.74, 6) is 0. The van der Waals surface area contributed by atoms with E-state index in [0.717, 1.165) is 6.04 Å². The summed E-state index contributed by atoms with van der Waals surface area (Å²) in [5.41, 5.74) is 0. The van der Waals surface area contributed by atoms with Crippen molar-refractivity contribution in [3.05, 3.63) is 0 Å². The Kier molecular flexibility index (Phi) is 6.99. The largest absolute Gasteiger partial charge is 0.348 e. The average molecular weight is 232 g/mol. The molecule has 0 aromatic heterocycles. The molecule has 0 fully saturated rings. The zero-order valence-corrected chi connectivity index (χ0v) is 13.5. The van der Waals surface area contributed by atoms with Gasteiger partial charge in [-0.3, -0.25) is 0 Å². The third kappa shape index (κ3) is 3.21. The van der Waals surface area contributed by atoms with Crippen LogP contribution in [0.1, 0.15) is 41.5 Å². The minimum absolute atomic E-state index is 0.0462. The van der Waals surface area contributed by atoms with Gasteiger partial charge in [-0.1, -0.05) is 47.6 Å². The zero-order chi connectivity index (χ0) is 11.2. The monoisotopic (exact) mass is 231 g/mol. The zero-order valence-electron chi connectivity index (χ0n) is 11.1. The van der Waals surface area contributed by atoms with E-state index in [4.69, 9.17) is 0 Å². The predicted molar refractivity (Wildman–Crippen MR) is 73.2 cm³/mol. The van der Waals surface area contributed by atoms with E-state index in [1.165, 1.54) is 24.2 Å². The lowest BCUT2D eigenvalue weighted by Crippen LogP contribution is -2.56. The van der Waals surface area contributed by atoms with Crippen molar-refractivity contribution in [3.8, 4) is 0 Å². The third-order valence-corrected chi connectivity index (χ3v) is 13.7. The van der Waals surface area contributed by atoms with Gasteiger partial charge in [0.25, 0.3) is 0 Å². The molecule has 0 heterocycles. The van der Waals surface area contributed by atoms with Crippen molar-refractivity contribution >= 4 is 17.9 Å². The van der Waals surface area contributed by atoms with Crippen molar-refractivity contribution in [2.75, 3.05) is 0 Å². The van der Waals surface area contributed by atoms with Crippen LogP contribution in [0.5, 0.6) is 0 Å². The van der Waals surface area contributed by atoms with Crippen LogP contribution in [0.4, 0.5) is 0 Å². The Morgan fingerprint density at radius 3 is 1.64 bits per heavy atom. The molecule has 0 saturated carbocycles. The maximum atomic E-state index is 2.98. The van der Waals surface area contributed by atoms with Crippen LogP contribution in [0.25, 0.3) is 0 Å². The molecular formula is C11H29NSi2. The molecule has 0 spiro atoms. The summed E-state index contributed by atoms with van der Waals surface area (Å²) in [6.45, 7) is 14.4. The van der Waals surface area contributed by atoms with Crippen LogP contribution in [-0.4, -0.2) is 28.2 Å². The molecule has 0 rings (SSSR count). The van der Waals surface area contributed by atoms with Crippen molar-refractivity contribution in [2.45, 2.75) is 71.8 Å². The van der Waals surface area contributed by atoms with E-state index in [1.807, 2.05) is 0 Å². The third-order valence-electron chi connectivity index (χ3n) is 3.67. The molecular weight excluding hydrogens is 202 g/mol. The van der Waals surface area contributed by atoms with E-state index in [0.29, 0.717) is 0 Å². The molecule has 0 aliphatic heterocycles. The molecule has 0 aliphatic rings. The van der Waals surface area contributed by atoms with Crippen LogP contribution in [0.3, 0.4) is 0 Å². The SMILES string of the molecule is CC[SiH2]N(C(C)C)[Si](CC)(CC)CC. The maximum Gasteiger partial charge on any atom is 0.120 e. The van der Waals surface area contributed by atoms with Gasteiger partial charge in [0, 0.05) is 0 Å². The quantitative estimate of drug-likeness (QED) is 0.608. The van der Waals surface area contributed by atoms with Gasteiger partial charge in [0.05, 0.1) is 9.68 Å². The minimum atomic E-state index is -1.04. The lowest BCUT2D eigenvalue weighted by molar-refractivity contribution is 0.513. The van der Waals surface area contributed by atoms with Gasteiger partial charge in [-0.15, -0.1) is 0 Å². The number of nitrogens with zero attached hydrogens (tertiary/aromatic N) is 1. The Morgan fingerprint density at radius 1 is 1.00 bits per heavy atom. The molecule has 0 aromatic rings. The summed E-state index contributed by atoms with van der Waals surface area (Å²) in [6.07, 6.45) is 0. The van der Waals surface area contributed by atoms with E-state index in [1.54, 1.807) is 0 Å². The van der Waals surface area contributed by atoms with Crippen LogP contribution < -0.4 is 0 Å². The second-order valence-corrected chi connectivity index (χ2v) is 12.5. The van der Waals surface area contributed by atoms with E-state index < -0.39 is 8.24 Å². The molecule has 86 valence electrons. The highest BCUT2D eigenvalue weighted by molar-refractivity contribution is 6.82. The van der Waals surface area contributed by atoms with Gasteiger partial charge in [0.2, 0.25) is 0 Å². The summed E-state index contributed by atoms with van der Waals surface area (Å²) in [4.78, 5) is 0. The molecule has 0 atom stereocenters. The Hall–Kier alpha value is 0.394. The lowest BCUT2D eigenvalue weighted by Gasteiger charge is -2.44. The van der Waals surface area contributed by atoms with E-state index in [-0.39, 0.29) is 9.68 Å². The van der Waals surface area contributed by atoms with Gasteiger partial charge in [-0.05, 0) is 24.2 Å². The van der Waals surface area contributed by atoms with Gasteiger partial charge >= 0.3 is 0 Å². The van der Waals surface area contributed by atoms with Gasteiger partial charge in [-0.25, -0.2) is 0 Å². The smallest absolute Gasteiger partial charge is 0.120 e. The van der Waals surface area contributed by atoms with Gasteiger partial charge in [0.15, 0.2) is 0 Å². The molecule has 0 aromatic carbocycles. The van der Waals surface area contributed by atoms with E-state index in [2.05, 4.69) is 45.8 Å². The van der Waals surface area contributed by atoms with Gasteiger partial charge in [-0.2, -0.15) is 0 Å². The van der Waals surface area contributed by atoms with Gasteiger partial charge < -0.3 is 4.23 Å². The molecule has 1 nitrogen and oxygen atoms in total. The van der Waals surface area contributed by atoms with Crippen LogP contribution >= 0.6 is 0 Å². The number of hydrogen-bond donors (Lipinski definition) is 0. The van der Waals surface area contributed by atoms with Crippen LogP contribution in [-0.2, 0) is 0 Å². The number of hydrogen-bond acceptors (Lipinski definition) is 1. The van der Waals surface area contributed by atoms with Crippen molar-refractivity contribution in [1.29, 1.82) is 0 Å². The summed E-state index contributed by atoms with van der Waals surface area (Å²) in [5, 5.41) is 0. The molecule has 3 heteroatoms. The minimum Gasteiger partial charge on any atom is -0.348 e. The number of rotatable bonds is 7. The highest BCUT2D eigenvalue weighted by Gasteiger charge is 2.34. The highest BCUT2D eigenvalue weighted by atomic mass is 28.4.